The molecule has 1 N–H and O–H groups in total. The average molecular weight is 338 g/mol. The van der Waals surface area contributed by atoms with Crippen LogP contribution in [0, 0.1) is 0 Å². The molecule has 2 aliphatic rings. The smallest absolute Gasteiger partial charge is 0.305 e. The Balaban J connectivity index is 1.67. The van der Waals surface area contributed by atoms with E-state index in [1.807, 2.05) is 22.4 Å². The summed E-state index contributed by atoms with van der Waals surface area (Å²) in [6.45, 7) is 3.32. The lowest BCUT2D eigenvalue weighted by atomic mass is 10.1. The molecule has 0 bridgehead atoms. The molecule has 0 aliphatic carbocycles. The number of thiophene rings is 1. The van der Waals surface area contributed by atoms with Crippen molar-refractivity contribution in [2.75, 3.05) is 26.2 Å². The number of ether oxygens (including phenoxy) is 1. The van der Waals surface area contributed by atoms with Gasteiger partial charge in [-0.15, -0.1) is 11.3 Å². The summed E-state index contributed by atoms with van der Waals surface area (Å²) in [6.07, 6.45) is 1.97. The van der Waals surface area contributed by atoms with Crippen LogP contribution in [0.2, 0.25) is 0 Å². The number of piperazine rings is 1. The van der Waals surface area contributed by atoms with Crippen molar-refractivity contribution in [1.29, 1.82) is 0 Å². The first-order valence-electron chi connectivity index (χ1n) is 8.02. The maximum Gasteiger partial charge on any atom is 0.305 e. The fraction of sp³-hybridized carbons (Fsp3) is 0.625. The summed E-state index contributed by atoms with van der Waals surface area (Å²) < 4.78 is 5.61. The van der Waals surface area contributed by atoms with Crippen LogP contribution in [0.5, 0.6) is 0 Å². The van der Waals surface area contributed by atoms with Crippen LogP contribution in [0.3, 0.4) is 0 Å². The number of rotatable bonds is 6. The molecule has 2 aliphatic heterocycles. The van der Waals surface area contributed by atoms with E-state index >= 15 is 0 Å². The van der Waals surface area contributed by atoms with Gasteiger partial charge in [-0.2, -0.15) is 0 Å². The molecule has 2 atom stereocenters. The normalized spacial score (nSPS) is 25.9. The van der Waals surface area contributed by atoms with E-state index in [0.717, 1.165) is 24.3 Å². The highest BCUT2D eigenvalue weighted by Crippen LogP contribution is 2.22. The minimum absolute atomic E-state index is 0.0780. The van der Waals surface area contributed by atoms with Crippen molar-refractivity contribution in [2.45, 2.75) is 38.0 Å². The Kier molecular flexibility index (Phi) is 5.30. The summed E-state index contributed by atoms with van der Waals surface area (Å²) in [6, 6.07) is 3.41. The molecule has 1 aromatic heterocycles. The van der Waals surface area contributed by atoms with Gasteiger partial charge >= 0.3 is 5.97 Å². The Labute approximate surface area is 139 Å². The fourth-order valence-corrected chi connectivity index (χ4v) is 4.00. The molecule has 6 nitrogen and oxygen atoms in total. The maximum atomic E-state index is 12.8. The van der Waals surface area contributed by atoms with E-state index < -0.39 is 12.0 Å². The third kappa shape index (κ3) is 4.10. The molecule has 2 fully saturated rings. The van der Waals surface area contributed by atoms with Crippen molar-refractivity contribution in [3.8, 4) is 0 Å². The molecule has 2 saturated heterocycles. The third-order valence-corrected chi connectivity index (χ3v) is 5.31. The van der Waals surface area contributed by atoms with E-state index in [-0.39, 0.29) is 18.4 Å². The number of carbonyl (C=O) groups excluding carboxylic acids is 1. The summed E-state index contributed by atoms with van der Waals surface area (Å²) in [5, 5.41) is 11.2. The number of hydrogen-bond donors (Lipinski definition) is 1. The second-order valence-electron chi connectivity index (χ2n) is 6.08. The van der Waals surface area contributed by atoms with Gasteiger partial charge in [-0.1, -0.05) is 6.07 Å². The van der Waals surface area contributed by atoms with E-state index in [0.29, 0.717) is 26.2 Å². The highest BCUT2D eigenvalue weighted by molar-refractivity contribution is 7.09. The number of nitrogens with zero attached hydrogens (tertiary/aromatic N) is 2. The van der Waals surface area contributed by atoms with Crippen molar-refractivity contribution in [2.24, 2.45) is 0 Å². The second-order valence-corrected chi connectivity index (χ2v) is 7.12. The van der Waals surface area contributed by atoms with E-state index in [1.165, 1.54) is 0 Å². The Hall–Kier alpha value is -1.44. The van der Waals surface area contributed by atoms with Crippen molar-refractivity contribution in [3.05, 3.63) is 22.4 Å². The molecule has 1 amide bonds. The zero-order chi connectivity index (χ0) is 16.2. The first-order chi connectivity index (χ1) is 11.1. The van der Waals surface area contributed by atoms with Crippen LogP contribution < -0.4 is 0 Å². The summed E-state index contributed by atoms with van der Waals surface area (Å²) in [4.78, 5) is 28.9. The Morgan fingerprint density at radius 3 is 2.96 bits per heavy atom. The predicted molar refractivity (Wildman–Crippen MR) is 86.3 cm³/mol. The fourth-order valence-electron chi connectivity index (χ4n) is 3.27. The summed E-state index contributed by atoms with van der Waals surface area (Å²) in [5.41, 5.74) is 0. The molecule has 0 radical (unpaired) electrons. The van der Waals surface area contributed by atoms with Gasteiger partial charge in [-0.25, -0.2) is 0 Å². The highest BCUT2D eigenvalue weighted by atomic mass is 32.1. The molecule has 23 heavy (non-hydrogen) atoms. The lowest BCUT2D eigenvalue weighted by Crippen LogP contribution is -2.58. The zero-order valence-electron chi connectivity index (χ0n) is 13.0. The second kappa shape index (κ2) is 7.42. The van der Waals surface area contributed by atoms with Crippen LogP contribution in [0.15, 0.2) is 17.5 Å². The first kappa shape index (κ1) is 16.4. The number of hydrogen-bond acceptors (Lipinski definition) is 5. The molecule has 126 valence electrons. The number of carboxylic acids is 1. The van der Waals surface area contributed by atoms with Crippen LogP contribution >= 0.6 is 11.3 Å². The van der Waals surface area contributed by atoms with Gasteiger partial charge in [0.1, 0.15) is 6.04 Å². The van der Waals surface area contributed by atoms with Gasteiger partial charge in [0.25, 0.3) is 0 Å². The first-order valence-corrected chi connectivity index (χ1v) is 8.90. The van der Waals surface area contributed by atoms with Crippen molar-refractivity contribution < 1.29 is 19.4 Å². The summed E-state index contributed by atoms with van der Waals surface area (Å²) >= 11 is 1.63. The van der Waals surface area contributed by atoms with E-state index in [1.54, 1.807) is 16.2 Å². The number of carbonyl (C=O) groups is 2. The molecule has 3 heterocycles. The van der Waals surface area contributed by atoms with Gasteiger partial charge in [-0.3, -0.25) is 14.5 Å². The van der Waals surface area contributed by atoms with Gasteiger partial charge in [0.2, 0.25) is 5.91 Å². The van der Waals surface area contributed by atoms with Gasteiger partial charge in [-0.05, 0) is 24.3 Å². The lowest BCUT2D eigenvalue weighted by Gasteiger charge is -2.40. The van der Waals surface area contributed by atoms with Crippen LogP contribution in [0.25, 0.3) is 0 Å². The van der Waals surface area contributed by atoms with Gasteiger partial charge in [0.05, 0.1) is 12.5 Å². The molecule has 3 rings (SSSR count). The quantitative estimate of drug-likeness (QED) is 0.849. The molecular weight excluding hydrogens is 316 g/mol. The lowest BCUT2D eigenvalue weighted by molar-refractivity contribution is -0.150. The van der Waals surface area contributed by atoms with E-state index in [9.17, 15) is 14.7 Å². The topological polar surface area (TPSA) is 70.1 Å². The summed E-state index contributed by atoms with van der Waals surface area (Å²) in [7, 11) is 0. The standard InChI is InChI=1S/C16H22N2O4S/c19-15(20)9-14-16(21)18(10-12-3-1-7-22-12)6-5-17(14)11-13-4-2-8-23-13/h2,4,8,12,14H,1,3,5-7,9-11H2,(H,19,20). The van der Waals surface area contributed by atoms with Gasteiger partial charge in [0.15, 0.2) is 0 Å². The Morgan fingerprint density at radius 2 is 2.30 bits per heavy atom. The molecule has 0 saturated carbocycles. The number of amides is 1. The monoisotopic (exact) mass is 338 g/mol. The van der Waals surface area contributed by atoms with Crippen LogP contribution in [0.4, 0.5) is 0 Å². The average Bonchev–Trinajstić information content (AvgIpc) is 3.19. The zero-order valence-corrected chi connectivity index (χ0v) is 13.8. The molecule has 0 spiro atoms. The summed E-state index contributed by atoms with van der Waals surface area (Å²) in [5.74, 6) is -1.01. The van der Waals surface area contributed by atoms with Gasteiger partial charge < -0.3 is 14.7 Å². The molecule has 7 heteroatoms. The molecule has 0 aromatic carbocycles. The number of aliphatic carboxylic acids is 1. The minimum atomic E-state index is -0.932. The van der Waals surface area contributed by atoms with E-state index in [2.05, 4.69) is 0 Å². The SMILES string of the molecule is O=C(O)CC1C(=O)N(CC2CCCO2)CCN1Cc1cccs1. The van der Waals surface area contributed by atoms with Crippen molar-refractivity contribution >= 4 is 23.2 Å². The Morgan fingerprint density at radius 1 is 1.43 bits per heavy atom. The van der Waals surface area contributed by atoms with Crippen LogP contribution in [0.1, 0.15) is 24.1 Å². The maximum absolute atomic E-state index is 12.8. The third-order valence-electron chi connectivity index (χ3n) is 4.45. The van der Waals surface area contributed by atoms with Crippen LogP contribution in [-0.2, 0) is 20.9 Å². The minimum Gasteiger partial charge on any atom is -0.481 e. The Bertz CT molecular complexity index is 542. The molecular formula is C16H22N2O4S. The largest absolute Gasteiger partial charge is 0.481 e. The molecule has 2 unspecified atom stereocenters. The predicted octanol–water partition coefficient (Wildman–Crippen LogP) is 1.41. The van der Waals surface area contributed by atoms with Crippen molar-refractivity contribution in [1.82, 2.24) is 9.80 Å². The van der Waals surface area contributed by atoms with Crippen LogP contribution in [-0.4, -0.2) is 65.2 Å². The van der Waals surface area contributed by atoms with Gasteiger partial charge in [0, 0.05) is 37.7 Å². The van der Waals surface area contributed by atoms with Crippen molar-refractivity contribution in [3.63, 3.8) is 0 Å². The number of carboxylic acid groups (broad SMARTS) is 1. The molecule has 1 aromatic rings. The van der Waals surface area contributed by atoms with E-state index in [4.69, 9.17) is 4.74 Å². The highest BCUT2D eigenvalue weighted by Gasteiger charge is 2.37.